The molecule has 1 aliphatic rings. The quantitative estimate of drug-likeness (QED) is 0.572. The average molecular weight is 454 g/mol. The maximum absolute atomic E-state index is 14.0. The van der Waals surface area contributed by atoms with E-state index in [-0.39, 0.29) is 5.91 Å². The molecule has 2 heterocycles. The summed E-state index contributed by atoms with van der Waals surface area (Å²) in [7, 11) is 0. The Morgan fingerprint density at radius 3 is 2.56 bits per heavy atom. The van der Waals surface area contributed by atoms with Gasteiger partial charge in [0, 0.05) is 19.5 Å². The van der Waals surface area contributed by atoms with Crippen LogP contribution in [0.2, 0.25) is 0 Å². The largest absolute Gasteiger partial charge is 0.378 e. The van der Waals surface area contributed by atoms with Crippen LogP contribution in [0, 0.1) is 5.82 Å². The molecule has 4 rings (SSSR count). The lowest BCUT2D eigenvalue weighted by molar-refractivity contribution is -0.118. The predicted molar refractivity (Wildman–Crippen MR) is 124 cm³/mol. The number of hydrogen-bond donors (Lipinski definition) is 2. The molecule has 1 aromatic heterocycles. The standard InChI is InChI=1S/C24H24FN3O3S/c25-18-8-9-21(28-10-12-31-13-11-28)19(16-18)26-23(29)20(15-17-5-2-1-3-6-17)27-24(30)22-7-4-14-32-22/h1-9,14,16,20H,10-13,15H2,(H,26,29)(H,27,30). The number of halogens is 1. The Morgan fingerprint density at radius 2 is 1.84 bits per heavy atom. The van der Waals surface area contributed by atoms with Gasteiger partial charge in [-0.2, -0.15) is 0 Å². The number of carbonyl (C=O) groups excluding carboxylic acids is 2. The smallest absolute Gasteiger partial charge is 0.262 e. The minimum Gasteiger partial charge on any atom is -0.378 e. The predicted octanol–water partition coefficient (Wildman–Crippen LogP) is 3.70. The van der Waals surface area contributed by atoms with E-state index in [0.717, 1.165) is 11.3 Å². The molecular weight excluding hydrogens is 429 g/mol. The number of nitrogens with zero attached hydrogens (tertiary/aromatic N) is 1. The molecular formula is C24H24FN3O3S. The van der Waals surface area contributed by atoms with E-state index in [0.29, 0.717) is 43.3 Å². The Bertz CT molecular complexity index is 1050. The Morgan fingerprint density at radius 1 is 1.06 bits per heavy atom. The van der Waals surface area contributed by atoms with E-state index in [1.165, 1.54) is 23.5 Å². The molecule has 6 nitrogen and oxygen atoms in total. The molecule has 3 aromatic rings. The number of rotatable bonds is 7. The Kier molecular flexibility index (Phi) is 7.14. The second kappa shape index (κ2) is 10.4. The normalized spacial score (nSPS) is 14.6. The van der Waals surface area contributed by atoms with Crippen molar-refractivity contribution in [3.8, 4) is 0 Å². The zero-order chi connectivity index (χ0) is 22.3. The molecule has 0 spiro atoms. The highest BCUT2D eigenvalue weighted by atomic mass is 32.1. The van der Waals surface area contributed by atoms with Crippen LogP contribution in [0.1, 0.15) is 15.2 Å². The van der Waals surface area contributed by atoms with Crippen molar-refractivity contribution in [3.63, 3.8) is 0 Å². The topological polar surface area (TPSA) is 70.7 Å². The van der Waals surface area contributed by atoms with Crippen LogP contribution in [0.25, 0.3) is 0 Å². The first kappa shape index (κ1) is 22.0. The van der Waals surface area contributed by atoms with Crippen molar-refractivity contribution in [2.75, 3.05) is 36.5 Å². The SMILES string of the molecule is O=C(NC(Cc1ccccc1)C(=O)Nc1cc(F)ccc1N1CCOCC1)c1cccs1. The fourth-order valence-corrected chi connectivity index (χ4v) is 4.23. The van der Waals surface area contributed by atoms with E-state index in [9.17, 15) is 14.0 Å². The van der Waals surface area contributed by atoms with Gasteiger partial charge in [0.25, 0.3) is 5.91 Å². The molecule has 0 saturated carbocycles. The van der Waals surface area contributed by atoms with E-state index in [1.54, 1.807) is 18.2 Å². The van der Waals surface area contributed by atoms with Crippen LogP contribution in [-0.2, 0) is 16.0 Å². The van der Waals surface area contributed by atoms with Crippen molar-refractivity contribution in [1.29, 1.82) is 0 Å². The van der Waals surface area contributed by atoms with Crippen molar-refractivity contribution in [3.05, 3.63) is 82.3 Å². The summed E-state index contributed by atoms with van der Waals surface area (Å²) in [5.41, 5.74) is 2.01. The maximum Gasteiger partial charge on any atom is 0.262 e. The van der Waals surface area contributed by atoms with Crippen molar-refractivity contribution in [2.24, 2.45) is 0 Å². The van der Waals surface area contributed by atoms with Crippen molar-refractivity contribution in [2.45, 2.75) is 12.5 Å². The summed E-state index contributed by atoms with van der Waals surface area (Å²) in [5, 5.41) is 7.49. The lowest BCUT2D eigenvalue weighted by Gasteiger charge is -2.31. The van der Waals surface area contributed by atoms with Gasteiger partial charge in [0.2, 0.25) is 5.91 Å². The molecule has 1 unspecified atom stereocenters. The van der Waals surface area contributed by atoms with Gasteiger partial charge in [0.1, 0.15) is 11.9 Å². The highest BCUT2D eigenvalue weighted by Crippen LogP contribution is 2.28. The summed E-state index contributed by atoms with van der Waals surface area (Å²) in [6.07, 6.45) is 0.311. The maximum atomic E-state index is 14.0. The van der Waals surface area contributed by atoms with Gasteiger partial charge >= 0.3 is 0 Å². The summed E-state index contributed by atoms with van der Waals surface area (Å²) in [4.78, 5) is 28.5. The van der Waals surface area contributed by atoms with Crippen LogP contribution in [0.15, 0.2) is 66.0 Å². The second-order valence-corrected chi connectivity index (χ2v) is 8.39. The van der Waals surface area contributed by atoms with Crippen molar-refractivity contribution >= 4 is 34.5 Å². The van der Waals surface area contributed by atoms with Gasteiger partial charge in [0.05, 0.1) is 29.5 Å². The first-order valence-electron chi connectivity index (χ1n) is 10.4. The number of carbonyl (C=O) groups is 2. The van der Waals surface area contributed by atoms with Gasteiger partial charge in [-0.15, -0.1) is 11.3 Å². The highest BCUT2D eigenvalue weighted by Gasteiger charge is 2.24. The van der Waals surface area contributed by atoms with Gasteiger partial charge in [-0.25, -0.2) is 4.39 Å². The molecule has 1 atom stereocenters. The Labute approximate surface area is 190 Å². The van der Waals surface area contributed by atoms with Crippen LogP contribution in [-0.4, -0.2) is 44.2 Å². The van der Waals surface area contributed by atoms with Crippen LogP contribution in [0.4, 0.5) is 15.8 Å². The van der Waals surface area contributed by atoms with Crippen LogP contribution in [0.5, 0.6) is 0 Å². The minimum atomic E-state index is -0.826. The third-order valence-corrected chi connectivity index (χ3v) is 6.09. The van der Waals surface area contributed by atoms with E-state index in [4.69, 9.17) is 4.74 Å². The van der Waals surface area contributed by atoms with Crippen molar-refractivity contribution < 1.29 is 18.7 Å². The molecule has 8 heteroatoms. The lowest BCUT2D eigenvalue weighted by Crippen LogP contribution is -2.45. The number of morpholine rings is 1. The Balaban J connectivity index is 1.56. The zero-order valence-electron chi connectivity index (χ0n) is 17.4. The van der Waals surface area contributed by atoms with Gasteiger partial charge < -0.3 is 20.3 Å². The molecule has 1 aliphatic heterocycles. The fourth-order valence-electron chi connectivity index (χ4n) is 3.60. The third kappa shape index (κ3) is 5.52. The third-order valence-electron chi connectivity index (χ3n) is 5.22. The van der Waals surface area contributed by atoms with E-state index in [2.05, 4.69) is 15.5 Å². The molecule has 32 heavy (non-hydrogen) atoms. The summed E-state index contributed by atoms with van der Waals surface area (Å²) in [5.74, 6) is -1.16. The van der Waals surface area contributed by atoms with E-state index >= 15 is 0 Å². The summed E-state index contributed by atoms with van der Waals surface area (Å²) >= 11 is 1.31. The fraction of sp³-hybridized carbons (Fsp3) is 0.250. The minimum absolute atomic E-state index is 0.311. The highest BCUT2D eigenvalue weighted by molar-refractivity contribution is 7.12. The van der Waals surface area contributed by atoms with E-state index < -0.39 is 17.8 Å². The number of benzene rings is 2. The molecule has 2 N–H and O–H groups in total. The molecule has 166 valence electrons. The molecule has 2 amide bonds. The van der Waals surface area contributed by atoms with Crippen LogP contribution < -0.4 is 15.5 Å². The Hall–Kier alpha value is -3.23. The number of thiophene rings is 1. The number of ether oxygens (including phenoxy) is 1. The number of amides is 2. The molecule has 0 radical (unpaired) electrons. The van der Waals surface area contributed by atoms with Gasteiger partial charge in [-0.3, -0.25) is 9.59 Å². The first-order valence-corrected chi connectivity index (χ1v) is 11.3. The number of nitrogens with one attached hydrogen (secondary N) is 2. The monoisotopic (exact) mass is 453 g/mol. The molecule has 0 aliphatic carbocycles. The molecule has 1 saturated heterocycles. The second-order valence-electron chi connectivity index (χ2n) is 7.44. The van der Waals surface area contributed by atoms with Crippen molar-refractivity contribution in [1.82, 2.24) is 5.32 Å². The first-order chi connectivity index (χ1) is 15.6. The summed E-state index contributed by atoms with van der Waals surface area (Å²) in [6.45, 7) is 2.44. The van der Waals surface area contributed by atoms with Gasteiger partial charge in [-0.05, 0) is 35.2 Å². The average Bonchev–Trinajstić information content (AvgIpc) is 3.35. The van der Waals surface area contributed by atoms with Gasteiger partial charge in [0.15, 0.2) is 0 Å². The lowest BCUT2D eigenvalue weighted by atomic mass is 10.0. The summed E-state index contributed by atoms with van der Waals surface area (Å²) < 4.78 is 19.4. The molecule has 2 aromatic carbocycles. The molecule has 1 fully saturated rings. The van der Waals surface area contributed by atoms with Gasteiger partial charge in [-0.1, -0.05) is 36.4 Å². The molecule has 0 bridgehead atoms. The van der Waals surface area contributed by atoms with Crippen LogP contribution in [0.3, 0.4) is 0 Å². The number of hydrogen-bond acceptors (Lipinski definition) is 5. The summed E-state index contributed by atoms with van der Waals surface area (Å²) in [6, 6.07) is 16.5. The zero-order valence-corrected chi connectivity index (χ0v) is 18.2. The van der Waals surface area contributed by atoms with Crippen LogP contribution >= 0.6 is 11.3 Å². The van der Waals surface area contributed by atoms with E-state index in [1.807, 2.05) is 35.7 Å². The number of anilines is 2.